The van der Waals surface area contributed by atoms with Gasteiger partial charge in [0.25, 0.3) is 0 Å². The van der Waals surface area contributed by atoms with Crippen molar-refractivity contribution < 1.29 is 10.2 Å². The SMILES string of the molecule is N#Cc1cc(Nc2nc(NC3CC3)c3ncc(C#N)n3n2)c(Cl)c(N2CCC(C(CO)CO)CC2)c1. The van der Waals surface area contributed by atoms with Crippen molar-refractivity contribution in [3.05, 3.63) is 34.6 Å². The Morgan fingerprint density at radius 2 is 1.86 bits per heavy atom. The van der Waals surface area contributed by atoms with E-state index in [1.54, 1.807) is 12.1 Å². The fourth-order valence-corrected chi connectivity index (χ4v) is 4.89. The first kappa shape index (κ1) is 24.1. The Labute approximate surface area is 213 Å². The molecule has 12 heteroatoms. The third-order valence-corrected chi connectivity index (χ3v) is 7.24. The van der Waals surface area contributed by atoms with Crippen molar-refractivity contribution in [3.8, 4) is 12.1 Å². The topological polar surface area (TPSA) is 158 Å². The highest BCUT2D eigenvalue weighted by atomic mass is 35.5. The second-order valence-electron chi connectivity index (χ2n) is 9.24. The van der Waals surface area contributed by atoms with E-state index < -0.39 is 0 Å². The molecule has 1 saturated carbocycles. The minimum absolute atomic E-state index is 0.0354. The molecule has 1 aliphatic heterocycles. The molecule has 4 N–H and O–H groups in total. The minimum Gasteiger partial charge on any atom is -0.396 e. The molecule has 0 amide bonds. The van der Waals surface area contributed by atoms with Gasteiger partial charge in [-0.3, -0.25) is 0 Å². The van der Waals surface area contributed by atoms with E-state index in [9.17, 15) is 20.7 Å². The Balaban J connectivity index is 1.45. The number of nitriles is 2. The van der Waals surface area contributed by atoms with Crippen molar-refractivity contribution in [2.45, 2.75) is 31.7 Å². The van der Waals surface area contributed by atoms with Crippen LogP contribution in [0.25, 0.3) is 5.65 Å². The van der Waals surface area contributed by atoms with Crippen LogP contribution in [-0.4, -0.2) is 62.1 Å². The molecule has 1 aromatic carbocycles. The van der Waals surface area contributed by atoms with Gasteiger partial charge >= 0.3 is 0 Å². The van der Waals surface area contributed by atoms with Crippen LogP contribution in [0.5, 0.6) is 0 Å². The van der Waals surface area contributed by atoms with Crippen molar-refractivity contribution in [1.29, 1.82) is 10.5 Å². The number of benzene rings is 1. The van der Waals surface area contributed by atoms with Crippen molar-refractivity contribution in [2.24, 2.45) is 11.8 Å². The van der Waals surface area contributed by atoms with Crippen molar-refractivity contribution in [1.82, 2.24) is 19.6 Å². The van der Waals surface area contributed by atoms with Gasteiger partial charge in [0.1, 0.15) is 6.07 Å². The van der Waals surface area contributed by atoms with Gasteiger partial charge in [-0.25, -0.2) is 4.98 Å². The second-order valence-corrected chi connectivity index (χ2v) is 9.61. The molecule has 1 aliphatic carbocycles. The summed E-state index contributed by atoms with van der Waals surface area (Å²) < 4.78 is 1.44. The summed E-state index contributed by atoms with van der Waals surface area (Å²) >= 11 is 6.83. The summed E-state index contributed by atoms with van der Waals surface area (Å²) in [5.74, 6) is 0.843. The standard InChI is InChI=1S/C24H26ClN9O2/c25-21-19(7-14(9-26)8-20(21)33-5-3-15(4-6-33)16(12-35)13-36)30-24-31-22(29-17-1-2-17)23-28-11-18(10-27)34(23)32-24/h7-8,11,15-17,35-36H,1-6,12-13H2,(H2,29,30,31,32). The molecule has 36 heavy (non-hydrogen) atoms. The average molecular weight is 508 g/mol. The van der Waals surface area contributed by atoms with Gasteiger partial charge in [-0.15, -0.1) is 5.10 Å². The number of hydrogen-bond acceptors (Lipinski definition) is 10. The molecule has 2 aromatic heterocycles. The molecule has 2 fully saturated rings. The Bertz CT molecular complexity index is 1350. The molecule has 11 nitrogen and oxygen atoms in total. The van der Waals surface area contributed by atoms with E-state index in [0.29, 0.717) is 46.9 Å². The molecule has 3 aromatic rings. The highest BCUT2D eigenvalue weighted by Gasteiger charge is 2.28. The normalized spacial score (nSPS) is 16.2. The number of imidazole rings is 1. The summed E-state index contributed by atoms with van der Waals surface area (Å²) in [6.45, 7) is 1.31. The summed E-state index contributed by atoms with van der Waals surface area (Å²) in [4.78, 5) is 11.0. The number of nitrogens with zero attached hydrogens (tertiary/aromatic N) is 7. The zero-order chi connectivity index (χ0) is 25.2. The molecule has 3 heterocycles. The number of aromatic nitrogens is 4. The van der Waals surface area contributed by atoms with E-state index >= 15 is 0 Å². The van der Waals surface area contributed by atoms with E-state index in [2.05, 4.69) is 42.7 Å². The van der Waals surface area contributed by atoms with Crippen LogP contribution in [0.2, 0.25) is 5.02 Å². The number of aliphatic hydroxyl groups is 2. The average Bonchev–Trinajstić information content (AvgIpc) is 3.62. The predicted molar refractivity (Wildman–Crippen MR) is 134 cm³/mol. The maximum Gasteiger partial charge on any atom is 0.247 e. The summed E-state index contributed by atoms with van der Waals surface area (Å²) in [7, 11) is 0. The van der Waals surface area contributed by atoms with Crippen LogP contribution in [0, 0.1) is 34.5 Å². The fraction of sp³-hybridized carbons (Fsp3) is 0.458. The van der Waals surface area contributed by atoms with Gasteiger partial charge in [-0.1, -0.05) is 11.6 Å². The van der Waals surface area contributed by atoms with Crippen LogP contribution < -0.4 is 15.5 Å². The first-order valence-electron chi connectivity index (χ1n) is 11.9. The Morgan fingerprint density at radius 1 is 1.11 bits per heavy atom. The van der Waals surface area contributed by atoms with Gasteiger partial charge in [0.15, 0.2) is 17.2 Å². The summed E-state index contributed by atoms with van der Waals surface area (Å²) in [6.07, 6.45) is 5.13. The number of halogens is 1. The Kier molecular flexibility index (Phi) is 6.79. The quantitative estimate of drug-likeness (QED) is 0.357. The molecule has 5 rings (SSSR count). The maximum absolute atomic E-state index is 9.67. The molecule has 0 radical (unpaired) electrons. The number of aliphatic hydroxyl groups excluding tert-OH is 2. The largest absolute Gasteiger partial charge is 0.396 e. The number of nitrogens with one attached hydrogen (secondary N) is 2. The van der Waals surface area contributed by atoms with Gasteiger partial charge in [0, 0.05) is 38.3 Å². The molecular formula is C24H26ClN9O2. The number of hydrogen-bond donors (Lipinski definition) is 4. The molecular weight excluding hydrogens is 482 g/mol. The van der Waals surface area contributed by atoms with E-state index in [4.69, 9.17) is 11.6 Å². The molecule has 186 valence electrons. The highest BCUT2D eigenvalue weighted by molar-refractivity contribution is 6.36. The first-order valence-corrected chi connectivity index (χ1v) is 12.3. The second kappa shape index (κ2) is 10.2. The molecule has 0 bridgehead atoms. The van der Waals surface area contributed by atoms with E-state index in [1.807, 2.05) is 0 Å². The Hall–Kier alpha value is -3.64. The van der Waals surface area contributed by atoms with Gasteiger partial charge in [-0.05, 0) is 43.7 Å². The first-order chi connectivity index (χ1) is 17.5. The number of fused-ring (bicyclic) bond motifs is 1. The molecule has 0 atom stereocenters. The van der Waals surface area contributed by atoms with Crippen LogP contribution >= 0.6 is 11.6 Å². The van der Waals surface area contributed by atoms with Crippen LogP contribution in [0.15, 0.2) is 18.3 Å². The lowest BCUT2D eigenvalue weighted by Gasteiger charge is -2.37. The van der Waals surface area contributed by atoms with Gasteiger partial charge < -0.3 is 25.7 Å². The zero-order valence-corrected chi connectivity index (χ0v) is 20.3. The molecule has 0 spiro atoms. The molecule has 1 saturated heterocycles. The van der Waals surface area contributed by atoms with Crippen molar-refractivity contribution >= 4 is 40.4 Å². The van der Waals surface area contributed by atoms with Gasteiger partial charge in [0.05, 0.1) is 34.2 Å². The minimum atomic E-state index is -0.128. The number of rotatable bonds is 8. The van der Waals surface area contributed by atoms with E-state index in [0.717, 1.165) is 31.4 Å². The molecule has 0 unspecified atom stereocenters. The number of piperidine rings is 1. The summed E-state index contributed by atoms with van der Waals surface area (Å²) in [5, 5.41) is 49.5. The fourth-order valence-electron chi connectivity index (χ4n) is 4.61. The monoisotopic (exact) mass is 507 g/mol. The zero-order valence-electron chi connectivity index (χ0n) is 19.5. The van der Waals surface area contributed by atoms with E-state index in [-0.39, 0.29) is 36.7 Å². The predicted octanol–water partition coefficient (Wildman–Crippen LogP) is 2.66. The highest BCUT2D eigenvalue weighted by Crippen LogP contribution is 2.38. The van der Waals surface area contributed by atoms with Gasteiger partial charge in [-0.2, -0.15) is 20.0 Å². The van der Waals surface area contributed by atoms with Crippen LogP contribution in [0.4, 0.5) is 23.1 Å². The lowest BCUT2D eigenvalue weighted by atomic mass is 9.85. The summed E-state index contributed by atoms with van der Waals surface area (Å²) in [5.41, 5.74) is 2.37. The van der Waals surface area contributed by atoms with Crippen LogP contribution in [0.3, 0.4) is 0 Å². The Morgan fingerprint density at radius 3 is 2.50 bits per heavy atom. The van der Waals surface area contributed by atoms with Gasteiger partial charge in [0.2, 0.25) is 5.95 Å². The lowest BCUT2D eigenvalue weighted by Crippen LogP contribution is -2.38. The van der Waals surface area contributed by atoms with Crippen molar-refractivity contribution in [3.63, 3.8) is 0 Å². The number of anilines is 4. The third-order valence-electron chi connectivity index (χ3n) is 6.84. The van der Waals surface area contributed by atoms with E-state index in [1.165, 1.54) is 10.7 Å². The van der Waals surface area contributed by atoms with Crippen LogP contribution in [-0.2, 0) is 0 Å². The summed E-state index contributed by atoms with van der Waals surface area (Å²) in [6, 6.07) is 8.00. The van der Waals surface area contributed by atoms with Crippen molar-refractivity contribution in [2.75, 3.05) is 41.8 Å². The third kappa shape index (κ3) is 4.73. The van der Waals surface area contributed by atoms with Crippen LogP contribution in [0.1, 0.15) is 36.9 Å². The molecule has 2 aliphatic rings. The maximum atomic E-state index is 9.67. The lowest BCUT2D eigenvalue weighted by molar-refractivity contribution is 0.0947. The smallest absolute Gasteiger partial charge is 0.247 e.